The summed E-state index contributed by atoms with van der Waals surface area (Å²) in [6.45, 7) is 9.61. The van der Waals surface area contributed by atoms with Crippen molar-refractivity contribution in [3.8, 4) is 0 Å². The molecule has 0 nitrogen and oxygen atoms in total. The molecular formula is C24H46FeP2. The maximum atomic E-state index is 2.40. The molecule has 2 saturated heterocycles. The van der Waals surface area contributed by atoms with E-state index in [-0.39, 0.29) is 17.1 Å². The zero-order chi connectivity index (χ0) is 18.5. The third-order valence-corrected chi connectivity index (χ3v) is 16.5. The molecular weight excluding hydrogens is 406 g/mol. The quantitative estimate of drug-likeness (QED) is 0.279. The first kappa shape index (κ1) is 24.6. The molecule has 0 aromatic heterocycles. The van der Waals surface area contributed by atoms with Crippen LogP contribution < -0.4 is 0 Å². The molecule has 27 heavy (non-hydrogen) atoms. The molecule has 0 spiro atoms. The van der Waals surface area contributed by atoms with E-state index in [0.717, 1.165) is 0 Å². The fraction of sp³-hybridized carbons (Fsp3) is 1.00. The predicted octanol–water partition coefficient (Wildman–Crippen LogP) is 8.74. The van der Waals surface area contributed by atoms with Gasteiger partial charge in [-0.3, -0.25) is 0 Å². The third-order valence-electron chi connectivity index (χ3n) is 8.15. The Morgan fingerprint density at radius 1 is 0.519 bits per heavy atom. The van der Waals surface area contributed by atoms with Crippen molar-refractivity contribution in [1.29, 1.82) is 0 Å². The molecule has 0 unspecified atom stereocenters. The topological polar surface area (TPSA) is 0 Å². The minimum Gasteiger partial charge on any atom is -0.0971 e. The van der Waals surface area contributed by atoms with Crippen molar-refractivity contribution in [3.63, 3.8) is 0 Å². The van der Waals surface area contributed by atoms with E-state index in [4.69, 9.17) is 0 Å². The largest absolute Gasteiger partial charge is 0.0971 e. The maximum absolute atomic E-state index is 2.40. The first-order valence-corrected chi connectivity index (χ1v) is 15.4. The summed E-state index contributed by atoms with van der Waals surface area (Å²) in [6, 6.07) is 0. The summed E-state index contributed by atoms with van der Waals surface area (Å²) in [7, 11) is 0.948. The van der Waals surface area contributed by atoms with E-state index >= 15 is 0 Å². The molecule has 160 valence electrons. The van der Waals surface area contributed by atoms with Crippen LogP contribution in [0.25, 0.3) is 0 Å². The van der Waals surface area contributed by atoms with Gasteiger partial charge in [0.05, 0.1) is 0 Å². The van der Waals surface area contributed by atoms with Gasteiger partial charge < -0.3 is 0 Å². The van der Waals surface area contributed by atoms with E-state index in [1.54, 1.807) is 38.5 Å². The third kappa shape index (κ3) is 5.75. The van der Waals surface area contributed by atoms with Gasteiger partial charge in [-0.05, 0) is 98.2 Å². The Balaban J connectivity index is 0.000000187. The number of hydrogen-bond donors (Lipinski definition) is 0. The van der Waals surface area contributed by atoms with E-state index in [1.165, 1.54) is 85.3 Å². The molecule has 0 aromatic carbocycles. The molecule has 2 heterocycles. The predicted molar refractivity (Wildman–Crippen MR) is 124 cm³/mol. The number of rotatable bonds is 6. The van der Waals surface area contributed by atoms with Gasteiger partial charge in [-0.15, -0.1) is 0 Å². The van der Waals surface area contributed by atoms with Crippen LogP contribution in [0, 0.1) is 0 Å². The summed E-state index contributed by atoms with van der Waals surface area (Å²) in [4.78, 5) is 0. The van der Waals surface area contributed by atoms with Crippen molar-refractivity contribution in [2.45, 2.75) is 152 Å². The number of hydrogen-bond acceptors (Lipinski definition) is 0. The first-order chi connectivity index (χ1) is 12.7. The second kappa shape index (κ2) is 12.3. The van der Waals surface area contributed by atoms with Gasteiger partial charge in [0.1, 0.15) is 0 Å². The molecule has 4 rings (SSSR count). The summed E-state index contributed by atoms with van der Waals surface area (Å²) in [5, 5.41) is 0. The molecule has 0 radical (unpaired) electrons. The minimum atomic E-state index is 0. The average Bonchev–Trinajstić information content (AvgIpc) is 3.30. The molecule has 0 bridgehead atoms. The zero-order valence-corrected chi connectivity index (χ0v) is 21.5. The summed E-state index contributed by atoms with van der Waals surface area (Å²) >= 11 is 0. The van der Waals surface area contributed by atoms with Crippen LogP contribution >= 0.6 is 15.8 Å². The van der Waals surface area contributed by atoms with Crippen LogP contribution in [0.4, 0.5) is 0 Å². The first-order valence-electron chi connectivity index (χ1n) is 12.3. The second-order valence-corrected chi connectivity index (χ2v) is 15.7. The van der Waals surface area contributed by atoms with Gasteiger partial charge in [0.25, 0.3) is 0 Å². The van der Waals surface area contributed by atoms with E-state index < -0.39 is 0 Å². The molecule has 0 aromatic rings. The Kier molecular flexibility index (Phi) is 11.2. The normalized spacial score (nSPS) is 35.1. The monoisotopic (exact) mass is 452 g/mol. The van der Waals surface area contributed by atoms with Crippen molar-refractivity contribution in [2.75, 3.05) is 0 Å². The fourth-order valence-electron chi connectivity index (χ4n) is 6.54. The molecule has 3 heteroatoms. The Morgan fingerprint density at radius 3 is 1.00 bits per heavy atom. The van der Waals surface area contributed by atoms with E-state index in [0.29, 0.717) is 15.8 Å². The zero-order valence-electron chi connectivity index (χ0n) is 18.6. The molecule has 0 amide bonds. The van der Waals surface area contributed by atoms with Crippen LogP contribution in [-0.2, 0) is 17.1 Å². The van der Waals surface area contributed by atoms with Crippen LogP contribution in [0.5, 0.6) is 0 Å². The van der Waals surface area contributed by atoms with Gasteiger partial charge >= 0.3 is 0 Å². The molecule has 4 atom stereocenters. The van der Waals surface area contributed by atoms with Gasteiger partial charge in [-0.1, -0.05) is 69.2 Å². The van der Waals surface area contributed by atoms with Crippen molar-refractivity contribution < 1.29 is 17.1 Å². The molecule has 2 aliphatic heterocycles. The standard InChI is InChI=1S/2C12H23P.Fe/c2*1-3-10-9-11(4-2)13(10)12-7-5-6-8-12;/h2*10-12H,3-9H2,1-2H3;/t2*10-,11-;/m00./s1. The van der Waals surface area contributed by atoms with Crippen LogP contribution in [0.1, 0.15) is 118 Å². The van der Waals surface area contributed by atoms with Gasteiger partial charge in [0, 0.05) is 17.1 Å². The van der Waals surface area contributed by atoms with E-state index in [2.05, 4.69) is 27.7 Å². The Bertz CT molecular complexity index is 345. The molecule has 4 aliphatic rings. The minimum absolute atomic E-state index is 0. The molecule has 2 aliphatic carbocycles. The van der Waals surface area contributed by atoms with Crippen molar-refractivity contribution in [1.82, 2.24) is 0 Å². The van der Waals surface area contributed by atoms with Gasteiger partial charge in [-0.25, -0.2) is 0 Å². The summed E-state index contributed by atoms with van der Waals surface area (Å²) in [6.07, 6.45) is 21.5. The summed E-state index contributed by atoms with van der Waals surface area (Å²) in [5.74, 6) is 0. The Labute approximate surface area is 184 Å². The molecule has 4 fully saturated rings. The summed E-state index contributed by atoms with van der Waals surface area (Å²) in [5.41, 5.74) is 7.06. The van der Waals surface area contributed by atoms with Crippen LogP contribution in [0.3, 0.4) is 0 Å². The fourth-order valence-corrected chi connectivity index (χ4v) is 14.9. The van der Waals surface area contributed by atoms with Gasteiger partial charge in [0.2, 0.25) is 0 Å². The van der Waals surface area contributed by atoms with E-state index in [1.807, 2.05) is 0 Å². The molecule has 2 saturated carbocycles. The van der Waals surface area contributed by atoms with Crippen molar-refractivity contribution >= 4 is 15.8 Å². The Morgan fingerprint density at radius 2 is 0.778 bits per heavy atom. The SMILES string of the molecule is CC[C@H]1C[C@H](CC)P1C1CCCC1.CC[C@H]1C[C@H](CC)P1C1CCCC1.[Fe]. The van der Waals surface area contributed by atoms with Crippen molar-refractivity contribution in [2.24, 2.45) is 0 Å². The summed E-state index contributed by atoms with van der Waals surface area (Å²) < 4.78 is 0. The maximum Gasteiger partial charge on any atom is 0 e. The van der Waals surface area contributed by atoms with Gasteiger partial charge in [0.15, 0.2) is 0 Å². The van der Waals surface area contributed by atoms with E-state index in [9.17, 15) is 0 Å². The molecule has 0 N–H and O–H groups in total. The van der Waals surface area contributed by atoms with Gasteiger partial charge in [-0.2, -0.15) is 0 Å². The average molecular weight is 452 g/mol. The van der Waals surface area contributed by atoms with Crippen LogP contribution in [-0.4, -0.2) is 34.0 Å². The van der Waals surface area contributed by atoms with Crippen molar-refractivity contribution in [3.05, 3.63) is 0 Å². The second-order valence-electron chi connectivity index (χ2n) is 9.49. The smallest absolute Gasteiger partial charge is 0 e. The Hall–Kier alpha value is 1.38. The van der Waals surface area contributed by atoms with Crippen LogP contribution in [0.2, 0.25) is 0 Å². The van der Waals surface area contributed by atoms with Crippen LogP contribution in [0.15, 0.2) is 0 Å².